The van der Waals surface area contributed by atoms with Crippen LogP contribution in [0, 0.1) is 0 Å². The van der Waals surface area contributed by atoms with E-state index in [0.29, 0.717) is 29.8 Å². The number of rotatable bonds is 2. The number of aromatic nitrogens is 1. The maximum Gasteiger partial charge on any atom is 0.253 e. The standard InChI is InChI=1S/C23H19N3O2/c27-22-19-6-2-1-5-17(19)18-9-8-16(15-20(18)22)23(28)26-13-11-25(12-14-26)21-7-3-4-10-24-21/h1-10,15H,11-14H2. The fraction of sp³-hybridized carbons (Fsp3) is 0.174. The van der Waals surface area contributed by atoms with E-state index in [1.807, 2.05) is 59.5 Å². The first-order chi connectivity index (χ1) is 13.7. The van der Waals surface area contributed by atoms with Crippen molar-refractivity contribution in [2.24, 2.45) is 0 Å². The normalized spacial score (nSPS) is 15.4. The second kappa shape index (κ2) is 6.60. The van der Waals surface area contributed by atoms with Crippen LogP contribution >= 0.6 is 0 Å². The zero-order valence-electron chi connectivity index (χ0n) is 15.3. The Hall–Kier alpha value is -3.47. The van der Waals surface area contributed by atoms with Gasteiger partial charge in [0.2, 0.25) is 0 Å². The lowest BCUT2D eigenvalue weighted by atomic mass is 10.0. The molecule has 0 saturated carbocycles. The number of hydrogen-bond donors (Lipinski definition) is 0. The molecule has 1 amide bonds. The Morgan fingerprint density at radius 3 is 2.25 bits per heavy atom. The molecule has 0 radical (unpaired) electrons. The van der Waals surface area contributed by atoms with Gasteiger partial charge in [0.15, 0.2) is 5.78 Å². The number of hydrogen-bond acceptors (Lipinski definition) is 4. The van der Waals surface area contributed by atoms with Crippen molar-refractivity contribution < 1.29 is 9.59 Å². The quantitative estimate of drug-likeness (QED) is 0.544. The molecule has 1 aliphatic heterocycles. The molecule has 0 bridgehead atoms. The Morgan fingerprint density at radius 1 is 0.786 bits per heavy atom. The number of carbonyl (C=O) groups excluding carboxylic acids is 2. The van der Waals surface area contributed by atoms with Gasteiger partial charge in [-0.05, 0) is 35.4 Å². The van der Waals surface area contributed by atoms with Gasteiger partial charge in [0.1, 0.15) is 5.82 Å². The summed E-state index contributed by atoms with van der Waals surface area (Å²) in [5.74, 6) is 0.919. The minimum atomic E-state index is -0.0211. The third kappa shape index (κ3) is 2.67. The van der Waals surface area contributed by atoms with Gasteiger partial charge in [0.25, 0.3) is 5.91 Å². The highest BCUT2D eigenvalue weighted by atomic mass is 16.2. The Kier molecular flexibility index (Phi) is 3.93. The molecule has 5 heteroatoms. The van der Waals surface area contributed by atoms with E-state index in [4.69, 9.17) is 0 Å². The third-order valence-electron chi connectivity index (χ3n) is 5.51. The molecule has 1 aromatic heterocycles. The number of anilines is 1. The molecule has 0 atom stereocenters. The second-order valence-electron chi connectivity index (χ2n) is 7.10. The number of fused-ring (bicyclic) bond motifs is 3. The number of amides is 1. The number of benzene rings is 2. The molecule has 5 rings (SSSR count). The van der Waals surface area contributed by atoms with Crippen LogP contribution in [0.1, 0.15) is 26.3 Å². The van der Waals surface area contributed by atoms with E-state index in [2.05, 4.69) is 9.88 Å². The SMILES string of the molecule is O=C1c2ccccc2-c2ccc(C(=O)N3CCN(c4ccccn4)CC3)cc21. The predicted octanol–water partition coefficient (Wildman–Crippen LogP) is 3.26. The fourth-order valence-corrected chi connectivity index (χ4v) is 4.02. The molecule has 1 saturated heterocycles. The first kappa shape index (κ1) is 16.7. The largest absolute Gasteiger partial charge is 0.353 e. The van der Waals surface area contributed by atoms with Crippen molar-refractivity contribution in [3.63, 3.8) is 0 Å². The molecule has 1 aliphatic carbocycles. The van der Waals surface area contributed by atoms with Crippen molar-refractivity contribution in [3.05, 3.63) is 83.6 Å². The Bertz CT molecular complexity index is 1070. The van der Waals surface area contributed by atoms with E-state index in [-0.39, 0.29) is 11.7 Å². The lowest BCUT2D eigenvalue weighted by molar-refractivity contribution is 0.0746. The van der Waals surface area contributed by atoms with Crippen LogP contribution in [0.15, 0.2) is 66.9 Å². The molecule has 2 heterocycles. The van der Waals surface area contributed by atoms with Crippen molar-refractivity contribution in [1.29, 1.82) is 0 Å². The number of carbonyl (C=O) groups is 2. The second-order valence-corrected chi connectivity index (χ2v) is 7.10. The van der Waals surface area contributed by atoms with E-state index < -0.39 is 0 Å². The van der Waals surface area contributed by atoms with Gasteiger partial charge in [-0.3, -0.25) is 9.59 Å². The minimum Gasteiger partial charge on any atom is -0.353 e. The average molecular weight is 369 g/mol. The molecular weight excluding hydrogens is 350 g/mol. The highest BCUT2D eigenvalue weighted by Gasteiger charge is 2.28. The topological polar surface area (TPSA) is 53.5 Å². The van der Waals surface area contributed by atoms with Gasteiger partial charge in [-0.25, -0.2) is 4.98 Å². The Labute approximate surface area is 163 Å². The molecule has 138 valence electrons. The van der Waals surface area contributed by atoms with Crippen LogP contribution in [0.3, 0.4) is 0 Å². The van der Waals surface area contributed by atoms with Crippen LogP contribution in [0.5, 0.6) is 0 Å². The fourth-order valence-electron chi connectivity index (χ4n) is 4.02. The van der Waals surface area contributed by atoms with Crippen LogP contribution < -0.4 is 4.90 Å². The van der Waals surface area contributed by atoms with Gasteiger partial charge < -0.3 is 9.80 Å². The van der Waals surface area contributed by atoms with Gasteiger partial charge in [0.05, 0.1) is 0 Å². The van der Waals surface area contributed by atoms with Gasteiger partial charge in [-0.1, -0.05) is 36.4 Å². The van der Waals surface area contributed by atoms with Crippen LogP contribution in [-0.2, 0) is 0 Å². The van der Waals surface area contributed by atoms with Gasteiger partial charge in [-0.15, -0.1) is 0 Å². The first-order valence-electron chi connectivity index (χ1n) is 9.46. The summed E-state index contributed by atoms with van der Waals surface area (Å²) < 4.78 is 0. The molecule has 0 spiro atoms. The summed E-state index contributed by atoms with van der Waals surface area (Å²) in [5, 5.41) is 0. The maximum atomic E-state index is 13.0. The van der Waals surface area contributed by atoms with Gasteiger partial charge >= 0.3 is 0 Å². The average Bonchev–Trinajstić information content (AvgIpc) is 3.06. The number of ketones is 1. The summed E-state index contributed by atoms with van der Waals surface area (Å²) in [5.41, 5.74) is 3.78. The van der Waals surface area contributed by atoms with Crippen molar-refractivity contribution in [3.8, 4) is 11.1 Å². The highest BCUT2D eigenvalue weighted by molar-refractivity contribution is 6.22. The predicted molar refractivity (Wildman–Crippen MR) is 108 cm³/mol. The van der Waals surface area contributed by atoms with Gasteiger partial charge in [-0.2, -0.15) is 0 Å². The van der Waals surface area contributed by atoms with E-state index in [9.17, 15) is 9.59 Å². The summed E-state index contributed by atoms with van der Waals surface area (Å²) in [6.45, 7) is 2.78. The van der Waals surface area contributed by atoms with Crippen molar-refractivity contribution in [1.82, 2.24) is 9.88 Å². The van der Waals surface area contributed by atoms with Crippen LogP contribution in [0.25, 0.3) is 11.1 Å². The summed E-state index contributed by atoms with van der Waals surface area (Å²) in [7, 11) is 0. The summed E-state index contributed by atoms with van der Waals surface area (Å²) >= 11 is 0. The molecule has 0 N–H and O–H groups in total. The first-order valence-corrected chi connectivity index (χ1v) is 9.46. The van der Waals surface area contributed by atoms with Gasteiger partial charge in [0, 0.05) is 49.1 Å². The highest BCUT2D eigenvalue weighted by Crippen LogP contribution is 2.36. The molecule has 1 fully saturated rings. The van der Waals surface area contributed by atoms with Crippen LogP contribution in [-0.4, -0.2) is 47.8 Å². The Morgan fingerprint density at radius 2 is 1.50 bits per heavy atom. The van der Waals surface area contributed by atoms with E-state index in [1.165, 1.54) is 0 Å². The smallest absolute Gasteiger partial charge is 0.253 e. The van der Waals surface area contributed by atoms with Crippen molar-refractivity contribution in [2.45, 2.75) is 0 Å². The molecule has 2 aliphatic rings. The number of piperazine rings is 1. The number of pyridine rings is 1. The van der Waals surface area contributed by atoms with Crippen molar-refractivity contribution >= 4 is 17.5 Å². The molecule has 28 heavy (non-hydrogen) atoms. The number of nitrogens with zero attached hydrogens (tertiary/aromatic N) is 3. The van der Waals surface area contributed by atoms with E-state index in [1.54, 1.807) is 12.3 Å². The molecule has 2 aromatic carbocycles. The van der Waals surface area contributed by atoms with Crippen LogP contribution in [0.2, 0.25) is 0 Å². The maximum absolute atomic E-state index is 13.0. The minimum absolute atomic E-state index is 0.000205. The van der Waals surface area contributed by atoms with Crippen LogP contribution in [0.4, 0.5) is 5.82 Å². The summed E-state index contributed by atoms with van der Waals surface area (Å²) in [6.07, 6.45) is 1.78. The molecule has 3 aromatic rings. The Balaban J connectivity index is 1.34. The zero-order valence-corrected chi connectivity index (χ0v) is 15.3. The monoisotopic (exact) mass is 369 g/mol. The molecular formula is C23H19N3O2. The van der Waals surface area contributed by atoms with Crippen molar-refractivity contribution in [2.75, 3.05) is 31.1 Å². The summed E-state index contributed by atoms with van der Waals surface area (Å²) in [6, 6.07) is 18.9. The summed E-state index contributed by atoms with van der Waals surface area (Å²) in [4.78, 5) is 34.1. The van der Waals surface area contributed by atoms with E-state index >= 15 is 0 Å². The van der Waals surface area contributed by atoms with E-state index in [0.717, 1.165) is 30.0 Å². The zero-order chi connectivity index (χ0) is 19.1. The third-order valence-corrected chi connectivity index (χ3v) is 5.51. The molecule has 0 unspecified atom stereocenters. The lowest BCUT2D eigenvalue weighted by Crippen LogP contribution is -2.49. The lowest BCUT2D eigenvalue weighted by Gasteiger charge is -2.35. The molecule has 5 nitrogen and oxygen atoms in total.